The molecule has 0 aromatic rings. The molecule has 3 N–H and O–H groups in total. The van der Waals surface area contributed by atoms with E-state index in [1.165, 1.54) is 6.26 Å². The zero-order valence-corrected chi connectivity index (χ0v) is 13.5. The highest BCUT2D eigenvalue weighted by Crippen LogP contribution is 2.30. The van der Waals surface area contributed by atoms with Crippen LogP contribution in [0.4, 0.5) is 0 Å². The molecule has 118 valence electrons. The first kappa shape index (κ1) is 17.4. The number of primary amides is 1. The molecule has 1 amide bonds. The number of carbonyl (C=O) groups excluding carboxylic acids is 1. The molecule has 2 atom stereocenters. The Bertz CT molecular complexity index is 434. The number of nitrogens with two attached hydrogens (primary N) is 1. The van der Waals surface area contributed by atoms with Gasteiger partial charge in [-0.05, 0) is 39.3 Å². The zero-order chi connectivity index (χ0) is 15.4. The highest BCUT2D eigenvalue weighted by molar-refractivity contribution is 7.90. The predicted molar refractivity (Wildman–Crippen MR) is 80.2 cm³/mol. The van der Waals surface area contributed by atoms with Gasteiger partial charge in [-0.1, -0.05) is 6.92 Å². The fourth-order valence-electron chi connectivity index (χ4n) is 2.92. The van der Waals surface area contributed by atoms with Crippen molar-refractivity contribution in [3.05, 3.63) is 0 Å². The van der Waals surface area contributed by atoms with E-state index in [0.29, 0.717) is 19.5 Å². The summed E-state index contributed by atoms with van der Waals surface area (Å²) >= 11 is 0. The number of nitrogens with one attached hydrogen (secondary N) is 1. The van der Waals surface area contributed by atoms with E-state index >= 15 is 0 Å². The van der Waals surface area contributed by atoms with Gasteiger partial charge < -0.3 is 16.0 Å². The third kappa shape index (κ3) is 4.71. The Labute approximate surface area is 122 Å². The Morgan fingerprint density at radius 1 is 1.50 bits per heavy atom. The lowest BCUT2D eigenvalue weighted by atomic mass is 9.78. The van der Waals surface area contributed by atoms with E-state index in [2.05, 4.69) is 5.32 Å². The van der Waals surface area contributed by atoms with Crippen LogP contribution in [-0.4, -0.2) is 63.0 Å². The van der Waals surface area contributed by atoms with Gasteiger partial charge in [-0.25, -0.2) is 8.42 Å². The lowest BCUT2D eigenvalue weighted by molar-refractivity contribution is -0.126. The maximum atomic E-state index is 11.8. The van der Waals surface area contributed by atoms with Gasteiger partial charge in [0.05, 0.1) is 11.3 Å². The van der Waals surface area contributed by atoms with Crippen molar-refractivity contribution >= 4 is 15.7 Å². The van der Waals surface area contributed by atoms with Crippen LogP contribution in [0.2, 0.25) is 0 Å². The third-order valence-electron chi connectivity index (χ3n) is 4.15. The number of carbonyl (C=O) groups is 1. The van der Waals surface area contributed by atoms with Crippen molar-refractivity contribution in [3.8, 4) is 0 Å². The average molecular weight is 305 g/mol. The van der Waals surface area contributed by atoms with Crippen molar-refractivity contribution < 1.29 is 13.2 Å². The molecule has 1 saturated carbocycles. The minimum absolute atomic E-state index is 0.144. The largest absolute Gasteiger partial charge is 0.368 e. The summed E-state index contributed by atoms with van der Waals surface area (Å²) in [4.78, 5) is 13.8. The van der Waals surface area contributed by atoms with E-state index < -0.39 is 15.4 Å². The first-order chi connectivity index (χ1) is 9.20. The Hall–Kier alpha value is -0.660. The van der Waals surface area contributed by atoms with Crippen molar-refractivity contribution in [3.63, 3.8) is 0 Å². The van der Waals surface area contributed by atoms with Crippen LogP contribution in [0.1, 0.15) is 32.6 Å². The van der Waals surface area contributed by atoms with Gasteiger partial charge in [0.1, 0.15) is 9.84 Å². The number of nitrogens with zero attached hydrogens (tertiary/aromatic N) is 1. The minimum atomic E-state index is -2.96. The fourth-order valence-corrected chi connectivity index (χ4v) is 3.54. The molecule has 6 nitrogen and oxygen atoms in total. The van der Waals surface area contributed by atoms with Crippen molar-refractivity contribution in [1.29, 1.82) is 0 Å². The first-order valence-electron chi connectivity index (χ1n) is 7.13. The van der Waals surface area contributed by atoms with Gasteiger partial charge in [-0.15, -0.1) is 0 Å². The second-order valence-electron chi connectivity index (χ2n) is 5.84. The molecule has 0 saturated heterocycles. The van der Waals surface area contributed by atoms with Crippen LogP contribution < -0.4 is 11.1 Å². The summed E-state index contributed by atoms with van der Waals surface area (Å²) in [6.07, 6.45) is 4.54. The van der Waals surface area contributed by atoms with Crippen LogP contribution in [0, 0.1) is 0 Å². The number of amides is 1. The van der Waals surface area contributed by atoms with Crippen LogP contribution in [0.15, 0.2) is 0 Å². The summed E-state index contributed by atoms with van der Waals surface area (Å²) in [6.45, 7) is 3.15. The highest BCUT2D eigenvalue weighted by Gasteiger charge is 2.41. The van der Waals surface area contributed by atoms with Crippen LogP contribution in [0.3, 0.4) is 0 Å². The standard InChI is InChI=1S/C13H27N3O3S/c1-4-15-13(12(14)17)7-5-6-11(10-13)16(2)8-9-20(3,18)19/h11,15H,4-10H2,1-3H3,(H2,14,17). The Balaban J connectivity index is 2.69. The highest BCUT2D eigenvalue weighted by atomic mass is 32.2. The number of hydrogen-bond donors (Lipinski definition) is 2. The van der Waals surface area contributed by atoms with E-state index in [4.69, 9.17) is 5.73 Å². The molecule has 0 aromatic carbocycles. The number of rotatable bonds is 7. The molecule has 0 bridgehead atoms. The average Bonchev–Trinajstić information content (AvgIpc) is 2.35. The Kier molecular flexibility index (Phi) is 5.97. The van der Waals surface area contributed by atoms with E-state index in [-0.39, 0.29) is 17.7 Å². The van der Waals surface area contributed by atoms with Crippen LogP contribution in [0.25, 0.3) is 0 Å². The van der Waals surface area contributed by atoms with Gasteiger partial charge in [-0.2, -0.15) is 0 Å². The topological polar surface area (TPSA) is 92.5 Å². The SMILES string of the molecule is CCNC1(C(N)=O)CCCC(N(C)CCS(C)(=O)=O)C1. The Morgan fingerprint density at radius 3 is 2.65 bits per heavy atom. The molecule has 20 heavy (non-hydrogen) atoms. The molecule has 0 spiro atoms. The molecule has 1 rings (SSSR count). The minimum Gasteiger partial charge on any atom is -0.368 e. The van der Waals surface area contributed by atoms with Gasteiger partial charge in [0, 0.05) is 18.8 Å². The summed E-state index contributed by atoms with van der Waals surface area (Å²) in [5, 5.41) is 3.24. The van der Waals surface area contributed by atoms with E-state index in [9.17, 15) is 13.2 Å². The summed E-state index contributed by atoms with van der Waals surface area (Å²) in [5.74, 6) is -0.161. The lowest BCUT2D eigenvalue weighted by Crippen LogP contribution is -2.60. The second-order valence-corrected chi connectivity index (χ2v) is 8.10. The molecule has 0 heterocycles. The first-order valence-corrected chi connectivity index (χ1v) is 9.19. The second kappa shape index (κ2) is 6.87. The maximum absolute atomic E-state index is 11.8. The van der Waals surface area contributed by atoms with Crippen LogP contribution >= 0.6 is 0 Å². The molecule has 0 aromatic heterocycles. The Morgan fingerprint density at radius 2 is 2.15 bits per heavy atom. The van der Waals surface area contributed by atoms with Crippen molar-refractivity contribution in [2.24, 2.45) is 5.73 Å². The molecule has 2 unspecified atom stereocenters. The molecule has 1 aliphatic rings. The van der Waals surface area contributed by atoms with Gasteiger partial charge in [-0.3, -0.25) is 4.79 Å². The number of likely N-dealkylation sites (N-methyl/N-ethyl adjacent to an activating group) is 1. The lowest BCUT2D eigenvalue weighted by Gasteiger charge is -2.42. The fraction of sp³-hybridized carbons (Fsp3) is 0.923. The molecule has 7 heteroatoms. The number of sulfone groups is 1. The third-order valence-corrected chi connectivity index (χ3v) is 5.07. The molecular weight excluding hydrogens is 278 g/mol. The number of hydrogen-bond acceptors (Lipinski definition) is 5. The van der Waals surface area contributed by atoms with Crippen LogP contribution in [-0.2, 0) is 14.6 Å². The molecule has 1 fully saturated rings. The molecule has 0 radical (unpaired) electrons. The van der Waals surface area contributed by atoms with Gasteiger partial charge in [0.25, 0.3) is 0 Å². The van der Waals surface area contributed by atoms with E-state index in [0.717, 1.165) is 19.3 Å². The van der Waals surface area contributed by atoms with Crippen molar-refractivity contribution in [2.45, 2.75) is 44.2 Å². The smallest absolute Gasteiger partial charge is 0.237 e. The predicted octanol–water partition coefficient (Wildman–Crippen LogP) is -0.261. The zero-order valence-electron chi connectivity index (χ0n) is 12.7. The van der Waals surface area contributed by atoms with E-state index in [1.54, 1.807) is 0 Å². The van der Waals surface area contributed by atoms with Crippen LogP contribution in [0.5, 0.6) is 0 Å². The summed E-state index contributed by atoms with van der Waals surface area (Å²) in [5.41, 5.74) is 4.94. The van der Waals surface area contributed by atoms with Gasteiger partial charge >= 0.3 is 0 Å². The molecule has 0 aliphatic heterocycles. The van der Waals surface area contributed by atoms with Crippen molar-refractivity contribution in [2.75, 3.05) is 32.1 Å². The summed E-state index contributed by atoms with van der Waals surface area (Å²) in [7, 11) is -1.05. The summed E-state index contributed by atoms with van der Waals surface area (Å²) in [6, 6.07) is 0.192. The monoisotopic (exact) mass is 305 g/mol. The van der Waals surface area contributed by atoms with Gasteiger partial charge in [0.2, 0.25) is 5.91 Å². The molecular formula is C13H27N3O3S. The summed E-state index contributed by atoms with van der Waals surface area (Å²) < 4.78 is 22.5. The van der Waals surface area contributed by atoms with E-state index in [1.807, 2.05) is 18.9 Å². The normalized spacial score (nSPS) is 27.7. The quantitative estimate of drug-likeness (QED) is 0.676. The van der Waals surface area contributed by atoms with Crippen molar-refractivity contribution in [1.82, 2.24) is 10.2 Å². The molecule has 1 aliphatic carbocycles. The van der Waals surface area contributed by atoms with Gasteiger partial charge in [0.15, 0.2) is 0 Å². The maximum Gasteiger partial charge on any atom is 0.237 e.